The van der Waals surface area contributed by atoms with Crippen molar-refractivity contribution >= 4 is 22.6 Å². The number of benzene rings is 1. The molecule has 0 fully saturated rings. The van der Waals surface area contributed by atoms with Gasteiger partial charge in [-0.15, -0.1) is 11.6 Å². The van der Waals surface area contributed by atoms with Crippen LogP contribution < -0.4 is 5.56 Å². The summed E-state index contributed by atoms with van der Waals surface area (Å²) < 4.78 is 5.39. The van der Waals surface area contributed by atoms with Crippen molar-refractivity contribution in [1.82, 2.24) is 4.98 Å². The summed E-state index contributed by atoms with van der Waals surface area (Å²) in [6.07, 6.45) is 0.474. The third-order valence-corrected chi connectivity index (χ3v) is 2.07. The Hall–Kier alpha value is -1.35. The molecule has 2 aromatic rings. The molecule has 0 radical (unpaired) electrons. The molecule has 0 aliphatic rings. The number of rotatable bonds is 2. The first kappa shape index (κ1) is 9.21. The zero-order valence-electron chi connectivity index (χ0n) is 7.37. The summed E-state index contributed by atoms with van der Waals surface area (Å²) in [5.74, 6) is 0.789. The van der Waals surface area contributed by atoms with E-state index < -0.39 is 0 Å². The van der Waals surface area contributed by atoms with Gasteiger partial charge in [0.05, 0.1) is 5.39 Å². The SMILES string of the molecule is O=c1nc(CCCl)oc2ccccc12. The Morgan fingerprint density at radius 1 is 1.36 bits per heavy atom. The van der Waals surface area contributed by atoms with Crippen LogP contribution in [0.15, 0.2) is 33.5 Å². The number of aryl methyl sites for hydroxylation is 1. The predicted octanol–water partition coefficient (Wildman–Crippen LogP) is 1.97. The lowest BCUT2D eigenvalue weighted by Crippen LogP contribution is -2.09. The minimum atomic E-state index is -0.257. The second-order valence-corrected chi connectivity index (χ2v) is 3.23. The van der Waals surface area contributed by atoms with E-state index in [9.17, 15) is 4.79 Å². The van der Waals surface area contributed by atoms with Gasteiger partial charge in [0.25, 0.3) is 5.56 Å². The summed E-state index contributed by atoms with van der Waals surface area (Å²) >= 11 is 5.54. The molecule has 72 valence electrons. The van der Waals surface area contributed by atoms with Gasteiger partial charge in [0.1, 0.15) is 5.58 Å². The zero-order chi connectivity index (χ0) is 9.97. The van der Waals surface area contributed by atoms with E-state index in [-0.39, 0.29) is 5.56 Å². The first-order chi connectivity index (χ1) is 6.81. The first-order valence-corrected chi connectivity index (χ1v) is 4.79. The average molecular weight is 210 g/mol. The Kier molecular flexibility index (Phi) is 2.50. The van der Waals surface area contributed by atoms with Crippen molar-refractivity contribution in [3.63, 3.8) is 0 Å². The lowest BCUT2D eigenvalue weighted by atomic mass is 10.2. The number of nitrogens with zero attached hydrogens (tertiary/aromatic N) is 1. The maximum Gasteiger partial charge on any atom is 0.283 e. The number of halogens is 1. The van der Waals surface area contributed by atoms with Crippen LogP contribution in [0.4, 0.5) is 0 Å². The van der Waals surface area contributed by atoms with E-state index in [1.807, 2.05) is 6.07 Å². The molecule has 14 heavy (non-hydrogen) atoms. The number of alkyl halides is 1. The fraction of sp³-hybridized carbons (Fsp3) is 0.200. The molecule has 0 amide bonds. The Bertz CT molecular complexity index is 507. The molecule has 0 bridgehead atoms. The molecule has 0 aliphatic heterocycles. The third-order valence-electron chi connectivity index (χ3n) is 1.88. The molecule has 1 heterocycles. The van der Waals surface area contributed by atoms with Crippen LogP contribution in [0.5, 0.6) is 0 Å². The van der Waals surface area contributed by atoms with Crippen molar-refractivity contribution in [2.75, 3.05) is 5.88 Å². The van der Waals surface area contributed by atoms with Gasteiger partial charge in [-0.3, -0.25) is 4.79 Å². The van der Waals surface area contributed by atoms with E-state index in [2.05, 4.69) is 4.98 Å². The Labute approximate surface area is 85.3 Å². The lowest BCUT2D eigenvalue weighted by Gasteiger charge is -1.98. The molecule has 0 spiro atoms. The highest BCUT2D eigenvalue weighted by Crippen LogP contribution is 2.10. The molecule has 3 nitrogen and oxygen atoms in total. The van der Waals surface area contributed by atoms with E-state index in [1.165, 1.54) is 0 Å². The largest absolute Gasteiger partial charge is 0.442 e. The maximum atomic E-state index is 11.5. The van der Waals surface area contributed by atoms with Gasteiger partial charge in [-0.2, -0.15) is 4.98 Å². The summed E-state index contributed by atoms with van der Waals surface area (Å²) in [6, 6.07) is 7.03. The monoisotopic (exact) mass is 209 g/mol. The van der Waals surface area contributed by atoms with E-state index in [1.54, 1.807) is 18.2 Å². The lowest BCUT2D eigenvalue weighted by molar-refractivity contribution is 0.513. The van der Waals surface area contributed by atoms with E-state index in [0.717, 1.165) is 0 Å². The summed E-state index contributed by atoms with van der Waals surface area (Å²) in [7, 11) is 0. The van der Waals surface area contributed by atoms with Crippen LogP contribution in [-0.2, 0) is 6.42 Å². The summed E-state index contributed by atoms with van der Waals surface area (Å²) in [5, 5.41) is 0.505. The van der Waals surface area contributed by atoms with Crippen molar-refractivity contribution in [2.45, 2.75) is 6.42 Å². The average Bonchev–Trinajstić information content (AvgIpc) is 2.18. The van der Waals surface area contributed by atoms with Crippen LogP contribution in [-0.4, -0.2) is 10.9 Å². The second kappa shape index (κ2) is 3.80. The molecule has 0 saturated heterocycles. The van der Waals surface area contributed by atoms with E-state index in [0.29, 0.717) is 29.2 Å². The summed E-state index contributed by atoms with van der Waals surface area (Å²) in [5.41, 5.74) is 0.305. The molecule has 0 aliphatic carbocycles. The molecule has 4 heteroatoms. The molecule has 0 unspecified atom stereocenters. The van der Waals surface area contributed by atoms with Gasteiger partial charge in [-0.25, -0.2) is 0 Å². The first-order valence-electron chi connectivity index (χ1n) is 4.26. The van der Waals surface area contributed by atoms with Crippen LogP contribution in [0.2, 0.25) is 0 Å². The number of aromatic nitrogens is 1. The van der Waals surface area contributed by atoms with Crippen LogP contribution in [0.3, 0.4) is 0 Å². The number of fused-ring (bicyclic) bond motifs is 1. The molecular formula is C10H8ClNO2. The van der Waals surface area contributed by atoms with Gasteiger partial charge in [-0.1, -0.05) is 12.1 Å². The summed E-state index contributed by atoms with van der Waals surface area (Å²) in [6.45, 7) is 0. The maximum absolute atomic E-state index is 11.5. The van der Waals surface area contributed by atoms with Crippen molar-refractivity contribution in [3.8, 4) is 0 Å². The van der Waals surface area contributed by atoms with Gasteiger partial charge in [0.15, 0.2) is 5.89 Å². The number of para-hydroxylation sites is 1. The highest BCUT2D eigenvalue weighted by molar-refractivity contribution is 6.17. The molecule has 1 aromatic carbocycles. The number of hydrogen-bond acceptors (Lipinski definition) is 3. The highest BCUT2D eigenvalue weighted by Gasteiger charge is 2.04. The fourth-order valence-corrected chi connectivity index (χ4v) is 1.40. The van der Waals surface area contributed by atoms with Gasteiger partial charge in [0, 0.05) is 12.3 Å². The van der Waals surface area contributed by atoms with Crippen LogP contribution in [0.1, 0.15) is 5.89 Å². The quantitative estimate of drug-likeness (QED) is 0.711. The van der Waals surface area contributed by atoms with Crippen LogP contribution in [0, 0.1) is 0 Å². The van der Waals surface area contributed by atoms with Crippen molar-refractivity contribution in [2.24, 2.45) is 0 Å². The summed E-state index contributed by atoms with van der Waals surface area (Å²) in [4.78, 5) is 15.2. The fourth-order valence-electron chi connectivity index (χ4n) is 1.24. The van der Waals surface area contributed by atoms with Gasteiger partial charge in [-0.05, 0) is 12.1 Å². The van der Waals surface area contributed by atoms with Crippen molar-refractivity contribution < 1.29 is 4.42 Å². The van der Waals surface area contributed by atoms with Crippen LogP contribution >= 0.6 is 11.6 Å². The Balaban J connectivity index is 2.66. The highest BCUT2D eigenvalue weighted by atomic mass is 35.5. The van der Waals surface area contributed by atoms with Crippen molar-refractivity contribution in [1.29, 1.82) is 0 Å². The normalized spacial score (nSPS) is 10.6. The molecular weight excluding hydrogens is 202 g/mol. The smallest absolute Gasteiger partial charge is 0.283 e. The van der Waals surface area contributed by atoms with Gasteiger partial charge >= 0.3 is 0 Å². The van der Waals surface area contributed by atoms with Gasteiger partial charge < -0.3 is 4.42 Å². The minimum Gasteiger partial charge on any atom is -0.442 e. The van der Waals surface area contributed by atoms with E-state index in [4.69, 9.17) is 16.0 Å². The number of hydrogen-bond donors (Lipinski definition) is 0. The molecule has 1 aromatic heterocycles. The standard InChI is InChI=1S/C10H8ClNO2/c11-6-5-9-12-10(13)7-3-1-2-4-8(7)14-9/h1-4H,5-6H2. The Morgan fingerprint density at radius 2 is 2.14 bits per heavy atom. The zero-order valence-corrected chi connectivity index (χ0v) is 8.12. The molecule has 0 N–H and O–H groups in total. The van der Waals surface area contributed by atoms with Gasteiger partial charge in [0.2, 0.25) is 0 Å². The molecule has 0 atom stereocenters. The molecule has 0 saturated carbocycles. The predicted molar refractivity (Wildman–Crippen MR) is 54.7 cm³/mol. The van der Waals surface area contributed by atoms with Crippen LogP contribution in [0.25, 0.3) is 11.0 Å². The van der Waals surface area contributed by atoms with E-state index >= 15 is 0 Å². The topological polar surface area (TPSA) is 43.1 Å². The second-order valence-electron chi connectivity index (χ2n) is 2.85. The third kappa shape index (κ3) is 1.63. The Morgan fingerprint density at radius 3 is 2.93 bits per heavy atom. The van der Waals surface area contributed by atoms with Crippen molar-refractivity contribution in [3.05, 3.63) is 40.5 Å². The minimum absolute atomic E-state index is 0.257. The molecule has 2 rings (SSSR count).